The minimum absolute atomic E-state index is 0.273. The molecule has 0 heterocycles. The molecule has 1 aromatic carbocycles. The molecule has 0 spiro atoms. The summed E-state index contributed by atoms with van der Waals surface area (Å²) < 4.78 is 0. The highest BCUT2D eigenvalue weighted by atomic mass is 16.3. The monoisotopic (exact) mass is 249 g/mol. The molecule has 2 heteroatoms. The minimum atomic E-state index is 0.273. The summed E-state index contributed by atoms with van der Waals surface area (Å²) in [6.07, 6.45) is 0.849. The third-order valence-corrected chi connectivity index (χ3v) is 3.54. The van der Waals surface area contributed by atoms with Gasteiger partial charge in [0.15, 0.2) is 0 Å². The van der Waals surface area contributed by atoms with Crippen LogP contribution in [0.5, 0.6) is 0 Å². The highest BCUT2D eigenvalue weighted by molar-refractivity contribution is 5.37. The third kappa shape index (κ3) is 4.11. The Balaban J connectivity index is 2.86. The van der Waals surface area contributed by atoms with E-state index in [1.54, 1.807) is 0 Å². The Hall–Kier alpha value is -0.860. The highest BCUT2D eigenvalue weighted by Gasteiger charge is 2.12. The summed E-state index contributed by atoms with van der Waals surface area (Å²) in [6, 6.07) is 5.02. The molecule has 0 saturated carbocycles. The summed E-state index contributed by atoms with van der Waals surface area (Å²) in [4.78, 5) is 2.43. The van der Waals surface area contributed by atoms with Gasteiger partial charge in [-0.15, -0.1) is 0 Å². The number of hydrogen-bond acceptors (Lipinski definition) is 2. The second kappa shape index (κ2) is 6.91. The van der Waals surface area contributed by atoms with Gasteiger partial charge in [-0.3, -0.25) is 4.90 Å². The van der Waals surface area contributed by atoms with E-state index in [-0.39, 0.29) is 6.61 Å². The molecule has 102 valence electrons. The van der Waals surface area contributed by atoms with Crippen molar-refractivity contribution >= 4 is 0 Å². The lowest BCUT2D eigenvalue weighted by molar-refractivity contribution is 0.184. The first-order chi connectivity index (χ1) is 8.45. The molecule has 0 atom stereocenters. The second-order valence-corrected chi connectivity index (χ2v) is 5.52. The van der Waals surface area contributed by atoms with Gasteiger partial charge in [-0.25, -0.2) is 0 Å². The van der Waals surface area contributed by atoms with Gasteiger partial charge in [0.2, 0.25) is 0 Å². The van der Waals surface area contributed by atoms with Gasteiger partial charge in [-0.05, 0) is 57.7 Å². The molecule has 0 fully saturated rings. The van der Waals surface area contributed by atoms with E-state index < -0.39 is 0 Å². The van der Waals surface area contributed by atoms with E-state index in [0.717, 1.165) is 19.5 Å². The molecule has 0 radical (unpaired) electrons. The lowest BCUT2D eigenvalue weighted by Gasteiger charge is -2.28. The maximum atomic E-state index is 8.98. The summed E-state index contributed by atoms with van der Waals surface area (Å²) in [6.45, 7) is 13.2. The van der Waals surface area contributed by atoms with Crippen molar-refractivity contribution in [2.24, 2.45) is 0 Å². The van der Waals surface area contributed by atoms with Crippen LogP contribution in [-0.2, 0) is 6.54 Å². The van der Waals surface area contributed by atoms with Gasteiger partial charge in [0.25, 0.3) is 0 Å². The number of aliphatic hydroxyl groups is 1. The smallest absolute Gasteiger partial charge is 0.0443 e. The number of hydrogen-bond donors (Lipinski definition) is 1. The van der Waals surface area contributed by atoms with E-state index in [1.165, 1.54) is 22.3 Å². The molecule has 1 rings (SSSR count). The third-order valence-electron chi connectivity index (χ3n) is 3.54. The Morgan fingerprint density at radius 2 is 1.67 bits per heavy atom. The first-order valence-electron chi connectivity index (χ1n) is 6.87. The molecule has 18 heavy (non-hydrogen) atoms. The van der Waals surface area contributed by atoms with Crippen LogP contribution >= 0.6 is 0 Å². The summed E-state index contributed by atoms with van der Waals surface area (Å²) in [5, 5.41) is 8.98. The predicted octanol–water partition coefficient (Wildman–Crippen LogP) is 3.20. The summed E-state index contributed by atoms with van der Waals surface area (Å²) in [5.41, 5.74) is 5.52. The minimum Gasteiger partial charge on any atom is -0.396 e. The molecule has 0 bridgehead atoms. The van der Waals surface area contributed by atoms with Crippen LogP contribution in [0.3, 0.4) is 0 Å². The van der Waals surface area contributed by atoms with E-state index in [0.29, 0.717) is 6.04 Å². The molecular weight excluding hydrogens is 222 g/mol. The van der Waals surface area contributed by atoms with Crippen LogP contribution in [0.4, 0.5) is 0 Å². The maximum Gasteiger partial charge on any atom is 0.0443 e. The van der Waals surface area contributed by atoms with E-state index in [1.807, 2.05) is 0 Å². The van der Waals surface area contributed by atoms with Gasteiger partial charge < -0.3 is 5.11 Å². The largest absolute Gasteiger partial charge is 0.396 e. The first kappa shape index (κ1) is 15.2. The Kier molecular flexibility index (Phi) is 5.83. The summed E-state index contributed by atoms with van der Waals surface area (Å²) >= 11 is 0. The maximum absolute atomic E-state index is 8.98. The fourth-order valence-corrected chi connectivity index (χ4v) is 2.46. The van der Waals surface area contributed by atoms with Crippen molar-refractivity contribution in [3.8, 4) is 0 Å². The predicted molar refractivity (Wildman–Crippen MR) is 77.9 cm³/mol. The molecule has 0 aromatic heterocycles. The molecule has 0 unspecified atom stereocenters. The van der Waals surface area contributed by atoms with Gasteiger partial charge in [0.1, 0.15) is 0 Å². The van der Waals surface area contributed by atoms with Crippen LogP contribution in [0.25, 0.3) is 0 Å². The summed E-state index contributed by atoms with van der Waals surface area (Å²) in [7, 11) is 0. The SMILES string of the molecule is Cc1cc(C)c(CN(CCCO)C(C)C)c(C)c1. The van der Waals surface area contributed by atoms with Crippen molar-refractivity contribution in [2.75, 3.05) is 13.2 Å². The molecule has 0 saturated heterocycles. The molecular formula is C16H27NO. The van der Waals surface area contributed by atoms with Crippen LogP contribution in [0.1, 0.15) is 42.5 Å². The molecule has 1 aromatic rings. The Morgan fingerprint density at radius 3 is 2.11 bits per heavy atom. The standard InChI is InChI=1S/C16H27NO/c1-12(2)17(7-6-8-18)11-16-14(4)9-13(3)10-15(16)5/h9-10,12,18H,6-8,11H2,1-5H3. The molecule has 1 N–H and O–H groups in total. The normalized spacial score (nSPS) is 11.6. The average molecular weight is 249 g/mol. The van der Waals surface area contributed by atoms with E-state index >= 15 is 0 Å². The fourth-order valence-electron chi connectivity index (χ4n) is 2.46. The highest BCUT2D eigenvalue weighted by Crippen LogP contribution is 2.19. The van der Waals surface area contributed by atoms with Crippen LogP contribution in [0.2, 0.25) is 0 Å². The number of rotatable bonds is 6. The molecule has 0 aliphatic rings. The lowest BCUT2D eigenvalue weighted by Crippen LogP contribution is -2.32. The van der Waals surface area contributed by atoms with Crippen molar-refractivity contribution in [2.45, 2.75) is 53.6 Å². The zero-order valence-corrected chi connectivity index (χ0v) is 12.5. The van der Waals surface area contributed by atoms with Gasteiger partial charge in [0, 0.05) is 25.7 Å². The summed E-state index contributed by atoms with van der Waals surface area (Å²) in [5.74, 6) is 0. The second-order valence-electron chi connectivity index (χ2n) is 5.52. The topological polar surface area (TPSA) is 23.5 Å². The molecule has 0 aliphatic heterocycles. The van der Waals surface area contributed by atoms with Gasteiger partial charge in [0.05, 0.1) is 0 Å². The zero-order valence-electron chi connectivity index (χ0n) is 12.5. The number of benzene rings is 1. The Morgan fingerprint density at radius 1 is 1.11 bits per heavy atom. The fraction of sp³-hybridized carbons (Fsp3) is 0.625. The number of aryl methyl sites for hydroxylation is 3. The Labute approximate surface area is 112 Å². The lowest BCUT2D eigenvalue weighted by atomic mass is 9.99. The van der Waals surface area contributed by atoms with Crippen molar-refractivity contribution < 1.29 is 5.11 Å². The van der Waals surface area contributed by atoms with E-state index in [4.69, 9.17) is 5.11 Å². The van der Waals surface area contributed by atoms with Crippen LogP contribution in [0, 0.1) is 20.8 Å². The van der Waals surface area contributed by atoms with E-state index in [9.17, 15) is 0 Å². The average Bonchev–Trinajstić information content (AvgIpc) is 2.26. The Bertz CT molecular complexity index is 362. The van der Waals surface area contributed by atoms with E-state index in [2.05, 4.69) is 51.7 Å². The van der Waals surface area contributed by atoms with Crippen LogP contribution in [-0.4, -0.2) is 29.2 Å². The molecule has 0 aliphatic carbocycles. The number of aliphatic hydroxyl groups excluding tert-OH is 1. The molecule has 2 nitrogen and oxygen atoms in total. The van der Waals surface area contributed by atoms with Gasteiger partial charge >= 0.3 is 0 Å². The quantitative estimate of drug-likeness (QED) is 0.837. The number of nitrogens with zero attached hydrogens (tertiary/aromatic N) is 1. The van der Waals surface area contributed by atoms with Crippen LogP contribution < -0.4 is 0 Å². The van der Waals surface area contributed by atoms with Crippen molar-refractivity contribution in [1.82, 2.24) is 4.90 Å². The zero-order chi connectivity index (χ0) is 13.7. The molecule has 0 amide bonds. The van der Waals surface area contributed by atoms with Gasteiger partial charge in [-0.1, -0.05) is 17.7 Å². The van der Waals surface area contributed by atoms with Crippen molar-refractivity contribution in [3.05, 3.63) is 34.4 Å². The first-order valence-corrected chi connectivity index (χ1v) is 6.87. The van der Waals surface area contributed by atoms with Crippen molar-refractivity contribution in [3.63, 3.8) is 0 Å². The van der Waals surface area contributed by atoms with Crippen molar-refractivity contribution in [1.29, 1.82) is 0 Å². The van der Waals surface area contributed by atoms with Gasteiger partial charge in [-0.2, -0.15) is 0 Å². The van der Waals surface area contributed by atoms with Crippen LogP contribution in [0.15, 0.2) is 12.1 Å².